The van der Waals surface area contributed by atoms with Crippen LogP contribution in [0, 0.1) is 0 Å². The predicted molar refractivity (Wildman–Crippen MR) is 229 cm³/mol. The summed E-state index contributed by atoms with van der Waals surface area (Å²) in [5.41, 5.74) is 34.5. The minimum atomic E-state index is -4.70. The van der Waals surface area contributed by atoms with Crippen molar-refractivity contribution >= 4 is 66.7 Å². The van der Waals surface area contributed by atoms with Crippen LogP contribution in [0.15, 0.2) is 118 Å². The minimum Gasteiger partial charge on any atom is -0.495 e. The van der Waals surface area contributed by atoms with Gasteiger partial charge in [0.2, 0.25) is 0 Å². The maximum Gasteiger partial charge on any atom is 0.416 e. The van der Waals surface area contributed by atoms with Gasteiger partial charge in [-0.05, 0) is 103 Å². The lowest BCUT2D eigenvalue weighted by atomic mass is 9.47. The molecule has 6 unspecified atom stereocenters. The molecular weight excluding hydrogens is 914 g/mol. The number of benzene rings is 5. The van der Waals surface area contributed by atoms with Crippen LogP contribution in [0.5, 0.6) is 5.75 Å². The number of nitrogens with two attached hydrogens (primary N) is 5. The van der Waals surface area contributed by atoms with Crippen LogP contribution in [0.4, 0.5) is 13.2 Å². The number of ether oxygens (including phenoxy) is 1. The van der Waals surface area contributed by atoms with Crippen LogP contribution < -0.4 is 33.4 Å². The van der Waals surface area contributed by atoms with Crippen molar-refractivity contribution in [3.63, 3.8) is 0 Å². The Balaban J connectivity index is 1.95. The van der Waals surface area contributed by atoms with Crippen LogP contribution in [0.2, 0.25) is 15.1 Å². The van der Waals surface area contributed by atoms with Gasteiger partial charge in [-0.1, -0.05) is 127 Å². The maximum absolute atomic E-state index is 14.7. The Bertz CT molecular complexity index is 2180. The Labute approximate surface area is 357 Å². The highest BCUT2D eigenvalue weighted by Gasteiger charge is 2.66. The third kappa shape index (κ3) is 8.54. The molecule has 6 nitrogen and oxygen atoms in total. The number of halogens is 8. The molecule has 0 amide bonds. The summed E-state index contributed by atoms with van der Waals surface area (Å²) in [7, 11) is 1.47. The molecule has 14 heteroatoms. The number of rotatable bonds is 14. The number of methoxy groups -OCH3 is 1. The van der Waals surface area contributed by atoms with Gasteiger partial charge in [0.1, 0.15) is 5.75 Å². The first-order valence-corrected chi connectivity index (χ1v) is 20.3. The third-order valence-electron chi connectivity index (χ3n) is 11.0. The van der Waals surface area contributed by atoms with Crippen LogP contribution in [0.25, 0.3) is 0 Å². The molecule has 5 aromatic carbocycles. The third-order valence-corrected chi connectivity index (χ3v) is 13.3. The summed E-state index contributed by atoms with van der Waals surface area (Å²) in [4.78, 5) is 0. The lowest BCUT2D eigenvalue weighted by Crippen LogP contribution is -2.86. The van der Waals surface area contributed by atoms with Crippen molar-refractivity contribution in [3.8, 4) is 5.75 Å². The van der Waals surface area contributed by atoms with Gasteiger partial charge >= 0.3 is 6.18 Å². The molecule has 0 aliphatic heterocycles. The van der Waals surface area contributed by atoms with Gasteiger partial charge in [-0.15, -0.1) is 0 Å². The summed E-state index contributed by atoms with van der Waals surface area (Å²) in [5.74, 6) is 0.334. The Morgan fingerprint density at radius 3 is 1.84 bits per heavy atom. The second-order valence-corrected chi connectivity index (χ2v) is 17.2. The molecule has 0 fully saturated rings. The highest BCUT2D eigenvalue weighted by atomic mass is 79.9. The van der Waals surface area contributed by atoms with E-state index < -0.39 is 46.4 Å². The molecular formula is C42H43Br2Cl3F3N5O. The zero-order chi connectivity index (χ0) is 41.2. The molecule has 0 bridgehead atoms. The summed E-state index contributed by atoms with van der Waals surface area (Å²) in [5, 5.41) is 0.649. The Hall–Kier alpha value is -2.68. The zero-order valence-electron chi connectivity index (χ0n) is 30.6. The summed E-state index contributed by atoms with van der Waals surface area (Å²) in [6.45, 7) is 1.70. The quantitative estimate of drug-likeness (QED) is 0.0752. The van der Waals surface area contributed by atoms with E-state index in [-0.39, 0.29) is 39.9 Å². The smallest absolute Gasteiger partial charge is 0.416 e. The van der Waals surface area contributed by atoms with Crippen molar-refractivity contribution in [3.05, 3.63) is 167 Å². The molecule has 56 heavy (non-hydrogen) atoms. The van der Waals surface area contributed by atoms with Gasteiger partial charge in [0.15, 0.2) is 0 Å². The summed E-state index contributed by atoms with van der Waals surface area (Å²) in [6, 6.07) is 26.7. The fraction of sp³-hybridized carbons (Fsp3) is 0.286. The highest BCUT2D eigenvalue weighted by molar-refractivity contribution is 9.10. The standard InChI is InChI=1S/C42H43Br2Cl3F3N5O/c1-39(54,27-14-16-32(45)33(46)22-27)41(55,38(53)21-26-10-4-6-13-31(26)44)40(28-15-17-35(56-2)34(47)23-28,36(51)19-24-8-7-11-29(43)18-24)37(52)20-25-9-3-5-12-30(25)42(48,49)50/h3-18,22-23,36-38H,19-21,51-55H2,1-2H3. The normalized spacial score (nSPS) is 16.9. The van der Waals surface area contributed by atoms with E-state index in [2.05, 4.69) is 31.9 Å². The fourth-order valence-electron chi connectivity index (χ4n) is 8.17. The van der Waals surface area contributed by atoms with Gasteiger partial charge in [0.25, 0.3) is 0 Å². The van der Waals surface area contributed by atoms with Crippen LogP contribution in [0.1, 0.15) is 40.3 Å². The van der Waals surface area contributed by atoms with Crippen molar-refractivity contribution in [1.82, 2.24) is 0 Å². The van der Waals surface area contributed by atoms with Gasteiger partial charge < -0.3 is 33.4 Å². The van der Waals surface area contributed by atoms with Crippen LogP contribution in [0.3, 0.4) is 0 Å². The average molecular weight is 957 g/mol. The van der Waals surface area contributed by atoms with Gasteiger partial charge in [-0.2, -0.15) is 13.2 Å². The van der Waals surface area contributed by atoms with Gasteiger partial charge in [0.05, 0.1) is 38.8 Å². The predicted octanol–water partition coefficient (Wildman–Crippen LogP) is 9.72. The number of alkyl halides is 3. The molecule has 0 heterocycles. The number of hydrogen-bond donors (Lipinski definition) is 5. The van der Waals surface area contributed by atoms with Gasteiger partial charge in [-0.25, -0.2) is 0 Å². The van der Waals surface area contributed by atoms with Gasteiger partial charge in [-0.3, -0.25) is 0 Å². The molecule has 6 atom stereocenters. The highest BCUT2D eigenvalue weighted by Crippen LogP contribution is 2.52. The van der Waals surface area contributed by atoms with Crippen LogP contribution in [-0.4, -0.2) is 30.8 Å². The van der Waals surface area contributed by atoms with E-state index in [1.807, 2.05) is 48.5 Å². The molecule has 0 spiro atoms. The largest absolute Gasteiger partial charge is 0.495 e. The fourth-order valence-corrected chi connectivity index (χ4v) is 9.62. The minimum absolute atomic E-state index is 0.0684. The Kier molecular flexibility index (Phi) is 14.0. The summed E-state index contributed by atoms with van der Waals surface area (Å²) >= 11 is 27.2. The van der Waals surface area contributed by atoms with E-state index in [0.29, 0.717) is 16.9 Å². The molecule has 5 rings (SSSR count). The monoisotopic (exact) mass is 953 g/mol. The summed E-state index contributed by atoms with van der Waals surface area (Å²) < 4.78 is 51.1. The molecule has 5 aromatic rings. The lowest BCUT2D eigenvalue weighted by Gasteiger charge is -2.63. The van der Waals surface area contributed by atoms with E-state index in [1.165, 1.54) is 25.3 Å². The molecule has 298 valence electrons. The van der Waals surface area contributed by atoms with E-state index in [1.54, 1.807) is 43.3 Å². The lowest BCUT2D eigenvalue weighted by molar-refractivity contribution is -0.138. The molecule has 0 radical (unpaired) electrons. The van der Waals surface area contributed by atoms with E-state index in [4.69, 9.17) is 68.2 Å². The first-order chi connectivity index (χ1) is 26.3. The molecule has 0 aliphatic carbocycles. The van der Waals surface area contributed by atoms with Crippen molar-refractivity contribution < 1.29 is 17.9 Å². The average Bonchev–Trinajstić information content (AvgIpc) is 3.13. The van der Waals surface area contributed by atoms with E-state index in [0.717, 1.165) is 26.1 Å². The molecule has 0 saturated carbocycles. The molecule has 0 aliphatic rings. The van der Waals surface area contributed by atoms with Crippen LogP contribution in [-0.2, 0) is 36.4 Å². The summed E-state index contributed by atoms with van der Waals surface area (Å²) in [6.07, 6.45) is -4.77. The topological polar surface area (TPSA) is 139 Å². The molecule has 0 saturated heterocycles. The van der Waals surface area contributed by atoms with Gasteiger partial charge in [0, 0.05) is 32.5 Å². The Morgan fingerprint density at radius 1 is 0.643 bits per heavy atom. The number of hydrogen-bond acceptors (Lipinski definition) is 6. The maximum atomic E-state index is 14.7. The zero-order valence-corrected chi connectivity index (χ0v) is 36.0. The second-order valence-electron chi connectivity index (χ2n) is 14.2. The van der Waals surface area contributed by atoms with Crippen molar-refractivity contribution in [2.24, 2.45) is 28.7 Å². The van der Waals surface area contributed by atoms with E-state index >= 15 is 0 Å². The van der Waals surface area contributed by atoms with Crippen molar-refractivity contribution in [2.45, 2.75) is 67.0 Å². The second kappa shape index (κ2) is 17.7. The first-order valence-electron chi connectivity index (χ1n) is 17.6. The van der Waals surface area contributed by atoms with Crippen molar-refractivity contribution in [2.75, 3.05) is 7.11 Å². The van der Waals surface area contributed by atoms with Crippen LogP contribution >= 0.6 is 66.7 Å². The Morgan fingerprint density at radius 2 is 1.23 bits per heavy atom. The molecule has 0 aromatic heterocycles. The first kappa shape index (κ1) is 44.4. The van der Waals surface area contributed by atoms with Crippen molar-refractivity contribution in [1.29, 1.82) is 0 Å². The molecule has 10 N–H and O–H groups in total. The van der Waals surface area contributed by atoms with E-state index in [9.17, 15) is 13.2 Å². The SMILES string of the molecule is COc1ccc(C(C(N)Cc2cccc(Br)c2)(C(N)Cc2ccccc2C(F)(F)F)C(N)(C(N)Cc2ccccc2Br)C(C)(N)c2ccc(Cl)c(Cl)c2)cc1Cl.